The Morgan fingerprint density at radius 2 is 1.78 bits per heavy atom. The zero-order valence-electron chi connectivity index (χ0n) is 12.0. The van der Waals surface area contributed by atoms with E-state index in [1.165, 1.54) is 0 Å². The summed E-state index contributed by atoms with van der Waals surface area (Å²) in [5.74, 6) is 0.700. The molecule has 5 heteroatoms. The molecule has 0 aromatic carbocycles. The van der Waals surface area contributed by atoms with Crippen LogP contribution in [0.1, 0.15) is 33.6 Å². The minimum atomic E-state index is 0.693. The third kappa shape index (κ3) is 13.7. The number of nitrogens with one attached hydrogen (secondary N) is 2. The Morgan fingerprint density at radius 3 is 2.44 bits per heavy atom. The maximum atomic E-state index is 5.48. The van der Waals surface area contributed by atoms with Crippen molar-refractivity contribution >= 4 is 17.3 Å². The van der Waals surface area contributed by atoms with E-state index in [9.17, 15) is 0 Å². The van der Waals surface area contributed by atoms with E-state index in [0.717, 1.165) is 45.8 Å². The molecular formula is C13H28N2O2S. The molecular weight excluding hydrogens is 248 g/mol. The van der Waals surface area contributed by atoms with Crippen LogP contribution in [-0.4, -0.2) is 44.6 Å². The van der Waals surface area contributed by atoms with Crippen molar-refractivity contribution < 1.29 is 9.47 Å². The zero-order chi connectivity index (χ0) is 13.6. The summed E-state index contributed by atoms with van der Waals surface area (Å²) in [6.45, 7) is 11.1. The van der Waals surface area contributed by atoms with Gasteiger partial charge in [-0.1, -0.05) is 13.8 Å². The molecule has 0 bridgehead atoms. The molecule has 18 heavy (non-hydrogen) atoms. The van der Waals surface area contributed by atoms with E-state index in [0.29, 0.717) is 17.6 Å². The Morgan fingerprint density at radius 1 is 1.06 bits per heavy atom. The lowest BCUT2D eigenvalue weighted by Gasteiger charge is -2.11. The highest BCUT2D eigenvalue weighted by atomic mass is 32.1. The molecule has 0 saturated carbocycles. The number of rotatable bonds is 11. The van der Waals surface area contributed by atoms with E-state index < -0.39 is 0 Å². The van der Waals surface area contributed by atoms with Gasteiger partial charge in [-0.2, -0.15) is 0 Å². The topological polar surface area (TPSA) is 42.5 Å². The lowest BCUT2D eigenvalue weighted by atomic mass is 10.1. The summed E-state index contributed by atoms with van der Waals surface area (Å²) in [5, 5.41) is 6.95. The monoisotopic (exact) mass is 276 g/mol. The molecule has 0 saturated heterocycles. The van der Waals surface area contributed by atoms with Crippen LogP contribution in [0.25, 0.3) is 0 Å². The van der Waals surface area contributed by atoms with Crippen LogP contribution in [0.5, 0.6) is 0 Å². The molecule has 0 heterocycles. The second-order valence-corrected chi connectivity index (χ2v) is 4.94. The summed E-state index contributed by atoms with van der Waals surface area (Å²) in [5.41, 5.74) is 0. The Hall–Kier alpha value is -0.390. The molecule has 4 nitrogen and oxygen atoms in total. The number of hydrogen-bond acceptors (Lipinski definition) is 3. The van der Waals surface area contributed by atoms with Crippen molar-refractivity contribution in [2.45, 2.75) is 33.6 Å². The van der Waals surface area contributed by atoms with Gasteiger partial charge in [0.2, 0.25) is 0 Å². The standard InChI is InChI=1S/C13H28N2O2S/c1-4-16-9-5-7-14-13(18)15-8-11-17-10-6-12(2)3/h12H,4-11H2,1-3H3,(H2,14,15,18). The van der Waals surface area contributed by atoms with Crippen molar-refractivity contribution in [3.8, 4) is 0 Å². The van der Waals surface area contributed by atoms with Gasteiger partial charge in [0.05, 0.1) is 6.61 Å². The van der Waals surface area contributed by atoms with Crippen molar-refractivity contribution in [2.75, 3.05) is 39.5 Å². The van der Waals surface area contributed by atoms with Crippen LogP contribution in [0.3, 0.4) is 0 Å². The molecule has 0 radical (unpaired) electrons. The first-order chi connectivity index (χ1) is 8.66. The van der Waals surface area contributed by atoms with Crippen LogP contribution in [0, 0.1) is 5.92 Å². The second kappa shape index (κ2) is 13.1. The molecule has 0 aromatic rings. The SMILES string of the molecule is CCOCCCNC(=S)NCCOCCC(C)C. The number of hydrogen-bond donors (Lipinski definition) is 2. The van der Waals surface area contributed by atoms with Crippen molar-refractivity contribution in [1.29, 1.82) is 0 Å². The van der Waals surface area contributed by atoms with E-state index in [1.54, 1.807) is 0 Å². The molecule has 0 aromatic heterocycles. The van der Waals surface area contributed by atoms with Crippen molar-refractivity contribution in [2.24, 2.45) is 5.92 Å². The Bertz CT molecular complexity index is 201. The Labute approximate surface area is 117 Å². The summed E-state index contributed by atoms with van der Waals surface area (Å²) < 4.78 is 10.7. The second-order valence-electron chi connectivity index (χ2n) is 4.53. The van der Waals surface area contributed by atoms with Gasteiger partial charge in [-0.15, -0.1) is 0 Å². The number of thiocarbonyl (C=S) groups is 1. The Kier molecular flexibility index (Phi) is 12.8. The predicted octanol–water partition coefficient (Wildman–Crippen LogP) is 1.94. The minimum absolute atomic E-state index is 0.693. The van der Waals surface area contributed by atoms with Gasteiger partial charge in [-0.25, -0.2) is 0 Å². The van der Waals surface area contributed by atoms with Crippen molar-refractivity contribution in [3.63, 3.8) is 0 Å². The summed E-state index contributed by atoms with van der Waals surface area (Å²) >= 11 is 5.13. The molecule has 0 spiro atoms. The molecule has 0 atom stereocenters. The summed E-state index contributed by atoms with van der Waals surface area (Å²) in [7, 11) is 0. The smallest absolute Gasteiger partial charge is 0.166 e. The van der Waals surface area contributed by atoms with Crippen molar-refractivity contribution in [1.82, 2.24) is 10.6 Å². The quantitative estimate of drug-likeness (QED) is 0.446. The van der Waals surface area contributed by atoms with E-state index in [2.05, 4.69) is 24.5 Å². The lowest BCUT2D eigenvalue weighted by Crippen LogP contribution is -2.37. The highest BCUT2D eigenvalue weighted by Gasteiger charge is 1.96. The van der Waals surface area contributed by atoms with Gasteiger partial charge < -0.3 is 20.1 Å². The molecule has 0 aliphatic heterocycles. The van der Waals surface area contributed by atoms with Crippen LogP contribution < -0.4 is 10.6 Å². The third-order valence-electron chi connectivity index (χ3n) is 2.33. The zero-order valence-corrected chi connectivity index (χ0v) is 12.8. The van der Waals surface area contributed by atoms with E-state index in [1.807, 2.05) is 6.92 Å². The molecule has 0 rings (SSSR count). The molecule has 0 aliphatic carbocycles. The molecule has 0 amide bonds. The fourth-order valence-electron chi connectivity index (χ4n) is 1.24. The van der Waals surface area contributed by atoms with Gasteiger partial charge in [0.25, 0.3) is 0 Å². The largest absolute Gasteiger partial charge is 0.382 e. The first-order valence-electron chi connectivity index (χ1n) is 6.84. The fraction of sp³-hybridized carbons (Fsp3) is 0.923. The van der Waals surface area contributed by atoms with E-state index >= 15 is 0 Å². The van der Waals surface area contributed by atoms with E-state index in [-0.39, 0.29) is 0 Å². The van der Waals surface area contributed by atoms with Gasteiger partial charge in [0.15, 0.2) is 5.11 Å². The highest BCUT2D eigenvalue weighted by Crippen LogP contribution is 1.98. The predicted molar refractivity (Wildman–Crippen MR) is 80.0 cm³/mol. The maximum Gasteiger partial charge on any atom is 0.166 e. The average Bonchev–Trinajstić information content (AvgIpc) is 2.33. The fourth-order valence-corrected chi connectivity index (χ4v) is 1.44. The van der Waals surface area contributed by atoms with Crippen molar-refractivity contribution in [3.05, 3.63) is 0 Å². The van der Waals surface area contributed by atoms with Gasteiger partial charge in [-0.05, 0) is 37.9 Å². The summed E-state index contributed by atoms with van der Waals surface area (Å²) in [6, 6.07) is 0. The van der Waals surface area contributed by atoms with E-state index in [4.69, 9.17) is 21.7 Å². The van der Waals surface area contributed by atoms with Gasteiger partial charge in [0.1, 0.15) is 0 Å². The van der Waals surface area contributed by atoms with Crippen LogP contribution in [0.4, 0.5) is 0 Å². The van der Waals surface area contributed by atoms with Crippen LogP contribution in [0.2, 0.25) is 0 Å². The van der Waals surface area contributed by atoms with Crippen LogP contribution >= 0.6 is 12.2 Å². The van der Waals surface area contributed by atoms with Crippen LogP contribution in [0.15, 0.2) is 0 Å². The Balaban J connectivity index is 3.17. The summed E-state index contributed by atoms with van der Waals surface area (Å²) in [6.07, 6.45) is 2.08. The normalized spacial score (nSPS) is 10.7. The molecule has 0 unspecified atom stereocenters. The maximum absolute atomic E-state index is 5.48. The van der Waals surface area contributed by atoms with Crippen LogP contribution in [-0.2, 0) is 9.47 Å². The first kappa shape index (κ1) is 17.6. The molecule has 0 aliphatic rings. The highest BCUT2D eigenvalue weighted by molar-refractivity contribution is 7.80. The average molecular weight is 276 g/mol. The molecule has 2 N–H and O–H groups in total. The number of ether oxygens (including phenoxy) is 2. The van der Waals surface area contributed by atoms with Gasteiger partial charge in [0, 0.05) is 32.9 Å². The minimum Gasteiger partial charge on any atom is -0.382 e. The third-order valence-corrected chi connectivity index (χ3v) is 2.62. The summed E-state index contributed by atoms with van der Waals surface area (Å²) in [4.78, 5) is 0. The lowest BCUT2D eigenvalue weighted by molar-refractivity contribution is 0.128. The molecule has 108 valence electrons. The van der Waals surface area contributed by atoms with Gasteiger partial charge >= 0.3 is 0 Å². The first-order valence-corrected chi connectivity index (χ1v) is 7.24. The molecule has 0 fully saturated rings. The van der Waals surface area contributed by atoms with Gasteiger partial charge in [-0.3, -0.25) is 0 Å².